The van der Waals surface area contributed by atoms with Gasteiger partial charge in [-0.2, -0.15) is 0 Å². The predicted octanol–water partition coefficient (Wildman–Crippen LogP) is 25.3. The molecule has 0 aromatic rings. The molecule has 1 atom stereocenters. The average Bonchev–Trinajstić information content (AvgIpc) is 3.47. The van der Waals surface area contributed by atoms with Crippen LogP contribution in [0.5, 0.6) is 0 Å². The second-order valence-corrected chi connectivity index (χ2v) is 24.9. The molecule has 0 aliphatic carbocycles. The molecule has 0 spiro atoms. The van der Waals surface area contributed by atoms with Crippen LogP contribution in [0, 0.1) is 0 Å². The summed E-state index contributed by atoms with van der Waals surface area (Å²) in [6.45, 7) is 6.66. The number of ether oxygens (including phenoxy) is 3. The third-order valence-corrected chi connectivity index (χ3v) is 16.6. The molecule has 0 saturated carbocycles. The Balaban J connectivity index is 4.26. The number of unbranched alkanes of at least 4 members (excludes halogenated alkanes) is 49. The normalized spacial score (nSPS) is 12.3. The van der Waals surface area contributed by atoms with Crippen LogP contribution in [0.15, 0.2) is 48.6 Å². The minimum atomic E-state index is -0.780. The molecule has 0 aliphatic rings. The first-order valence-electron chi connectivity index (χ1n) is 36.6. The summed E-state index contributed by atoms with van der Waals surface area (Å²) >= 11 is 0. The zero-order valence-corrected chi connectivity index (χ0v) is 55.3. The van der Waals surface area contributed by atoms with Crippen LogP contribution in [0.25, 0.3) is 0 Å². The molecular weight excluding hydrogens is 1010 g/mol. The third-order valence-electron chi connectivity index (χ3n) is 16.6. The summed E-state index contributed by atoms with van der Waals surface area (Å²) in [6.07, 6.45) is 90.0. The Morgan fingerprint density at radius 2 is 0.439 bits per heavy atom. The lowest BCUT2D eigenvalue weighted by Gasteiger charge is -2.18. The number of hydrogen-bond acceptors (Lipinski definition) is 6. The van der Waals surface area contributed by atoms with Gasteiger partial charge in [-0.1, -0.05) is 345 Å². The van der Waals surface area contributed by atoms with Crippen molar-refractivity contribution >= 4 is 17.9 Å². The van der Waals surface area contributed by atoms with E-state index in [4.69, 9.17) is 14.2 Å². The first-order valence-corrected chi connectivity index (χ1v) is 36.6. The number of allylic oxidation sites excluding steroid dienone is 8. The fourth-order valence-corrected chi connectivity index (χ4v) is 11.0. The Kier molecular flexibility index (Phi) is 68.6. The SMILES string of the molecule is CCCCC/C=C\C/C=C\CCCCCCCC(=O)OCC(COC(=O)CCCCCCCCCCCCCCCCCCCCCCCCCCCC)OC(=O)CCCCCCCCCCCCC/C=C\C/C=C\CCCCCCC. The van der Waals surface area contributed by atoms with E-state index in [9.17, 15) is 14.4 Å². The van der Waals surface area contributed by atoms with Gasteiger partial charge in [0.2, 0.25) is 0 Å². The van der Waals surface area contributed by atoms with Crippen molar-refractivity contribution in [3.05, 3.63) is 48.6 Å². The summed E-state index contributed by atoms with van der Waals surface area (Å²) in [4.78, 5) is 38.5. The van der Waals surface area contributed by atoms with Crippen molar-refractivity contribution in [3.8, 4) is 0 Å². The van der Waals surface area contributed by atoms with Crippen molar-refractivity contribution in [2.24, 2.45) is 0 Å². The van der Waals surface area contributed by atoms with E-state index >= 15 is 0 Å². The van der Waals surface area contributed by atoms with Crippen LogP contribution >= 0.6 is 0 Å². The molecule has 6 nitrogen and oxygen atoms in total. The Morgan fingerprint density at radius 1 is 0.244 bits per heavy atom. The molecule has 0 aromatic heterocycles. The zero-order chi connectivity index (χ0) is 59.2. The summed E-state index contributed by atoms with van der Waals surface area (Å²) in [5.41, 5.74) is 0. The van der Waals surface area contributed by atoms with Gasteiger partial charge in [0.1, 0.15) is 13.2 Å². The minimum absolute atomic E-state index is 0.0741. The molecule has 0 bridgehead atoms. The number of rotatable bonds is 68. The van der Waals surface area contributed by atoms with Crippen LogP contribution in [0.4, 0.5) is 0 Å². The monoisotopic (exact) mass is 1150 g/mol. The first-order chi connectivity index (χ1) is 40.5. The maximum absolute atomic E-state index is 13.0. The van der Waals surface area contributed by atoms with Crippen molar-refractivity contribution in [1.29, 1.82) is 0 Å². The molecule has 0 heterocycles. The molecule has 0 saturated heterocycles. The topological polar surface area (TPSA) is 78.9 Å². The molecule has 0 aromatic carbocycles. The average molecular weight is 1150 g/mol. The van der Waals surface area contributed by atoms with Crippen molar-refractivity contribution in [2.75, 3.05) is 13.2 Å². The second kappa shape index (κ2) is 70.9. The fourth-order valence-electron chi connectivity index (χ4n) is 11.0. The molecule has 0 radical (unpaired) electrons. The van der Waals surface area contributed by atoms with Gasteiger partial charge in [-0.15, -0.1) is 0 Å². The van der Waals surface area contributed by atoms with E-state index < -0.39 is 6.10 Å². The lowest BCUT2D eigenvalue weighted by molar-refractivity contribution is -0.167. The quantitative estimate of drug-likeness (QED) is 0.0261. The highest BCUT2D eigenvalue weighted by atomic mass is 16.6. The van der Waals surface area contributed by atoms with Gasteiger partial charge in [0.25, 0.3) is 0 Å². The standard InChI is InChI=1S/C76H140O6/c1-4-7-10-13-16-19-22-25-28-30-32-34-36-37-38-40-41-43-45-48-51-54-57-60-63-66-69-75(78)81-72-73(71-80-74(77)68-65-62-59-56-53-50-47-27-24-21-18-15-12-9-6-3)82-76(79)70-67-64-61-58-55-52-49-46-44-42-39-35-33-31-29-26-23-20-17-14-11-8-5-2/h18,21,23,26-27,31,33,47,73H,4-17,19-20,22,24-25,28-30,32,34-46,48-72H2,1-3H3/b21-18-,26-23-,33-31-,47-27-. The van der Waals surface area contributed by atoms with Crippen LogP contribution in [0.1, 0.15) is 400 Å². The molecule has 0 rings (SSSR count). The van der Waals surface area contributed by atoms with E-state index in [-0.39, 0.29) is 31.1 Å². The lowest BCUT2D eigenvalue weighted by Crippen LogP contribution is -2.30. The largest absolute Gasteiger partial charge is 0.462 e. The molecule has 0 N–H and O–H groups in total. The van der Waals surface area contributed by atoms with Gasteiger partial charge >= 0.3 is 17.9 Å². The highest BCUT2D eigenvalue weighted by molar-refractivity contribution is 5.71. The molecule has 0 fully saturated rings. The van der Waals surface area contributed by atoms with E-state index in [0.717, 1.165) is 83.5 Å². The van der Waals surface area contributed by atoms with E-state index in [0.29, 0.717) is 19.3 Å². The van der Waals surface area contributed by atoms with Crippen LogP contribution in [-0.2, 0) is 28.6 Å². The fraction of sp³-hybridized carbons (Fsp3) is 0.855. The van der Waals surface area contributed by atoms with Crippen molar-refractivity contribution in [2.45, 2.75) is 406 Å². The summed E-state index contributed by atoms with van der Waals surface area (Å²) in [5.74, 6) is -0.863. The smallest absolute Gasteiger partial charge is 0.306 e. The van der Waals surface area contributed by atoms with Crippen molar-refractivity contribution < 1.29 is 28.6 Å². The Bertz CT molecular complexity index is 1410. The van der Waals surface area contributed by atoms with Crippen LogP contribution in [0.2, 0.25) is 0 Å². The summed E-state index contributed by atoms with van der Waals surface area (Å²) in [5, 5.41) is 0. The summed E-state index contributed by atoms with van der Waals surface area (Å²) in [6, 6.07) is 0. The molecule has 480 valence electrons. The number of carbonyl (C=O) groups excluding carboxylic acids is 3. The maximum Gasteiger partial charge on any atom is 0.306 e. The number of hydrogen-bond donors (Lipinski definition) is 0. The van der Waals surface area contributed by atoms with E-state index in [1.54, 1.807) is 0 Å². The van der Waals surface area contributed by atoms with Gasteiger partial charge in [0, 0.05) is 19.3 Å². The van der Waals surface area contributed by atoms with Crippen LogP contribution in [0.3, 0.4) is 0 Å². The molecule has 82 heavy (non-hydrogen) atoms. The van der Waals surface area contributed by atoms with Crippen LogP contribution < -0.4 is 0 Å². The Labute approximate surface area is 511 Å². The van der Waals surface area contributed by atoms with Gasteiger partial charge in [-0.05, 0) is 83.5 Å². The molecule has 1 unspecified atom stereocenters. The molecule has 0 amide bonds. The zero-order valence-electron chi connectivity index (χ0n) is 55.3. The third kappa shape index (κ3) is 68.2. The summed E-state index contributed by atoms with van der Waals surface area (Å²) < 4.78 is 17.0. The predicted molar refractivity (Wildman–Crippen MR) is 358 cm³/mol. The highest BCUT2D eigenvalue weighted by Crippen LogP contribution is 2.19. The number of carbonyl (C=O) groups is 3. The van der Waals surface area contributed by atoms with Gasteiger partial charge < -0.3 is 14.2 Å². The molecular formula is C76H140O6. The highest BCUT2D eigenvalue weighted by Gasteiger charge is 2.19. The van der Waals surface area contributed by atoms with Gasteiger partial charge in [0.05, 0.1) is 0 Å². The number of esters is 3. The molecule has 6 heteroatoms. The first kappa shape index (κ1) is 79.4. The van der Waals surface area contributed by atoms with Crippen LogP contribution in [-0.4, -0.2) is 37.2 Å². The van der Waals surface area contributed by atoms with Gasteiger partial charge in [-0.25, -0.2) is 0 Å². The second-order valence-electron chi connectivity index (χ2n) is 24.9. The van der Waals surface area contributed by atoms with Gasteiger partial charge in [-0.3, -0.25) is 14.4 Å². The lowest BCUT2D eigenvalue weighted by atomic mass is 10.0. The minimum Gasteiger partial charge on any atom is -0.462 e. The Morgan fingerprint density at radius 3 is 0.695 bits per heavy atom. The van der Waals surface area contributed by atoms with Gasteiger partial charge in [0.15, 0.2) is 6.10 Å². The van der Waals surface area contributed by atoms with E-state index in [1.807, 2.05) is 0 Å². The summed E-state index contributed by atoms with van der Waals surface area (Å²) in [7, 11) is 0. The maximum atomic E-state index is 13.0. The van der Waals surface area contributed by atoms with Crippen molar-refractivity contribution in [1.82, 2.24) is 0 Å². The Hall–Kier alpha value is -2.63. The van der Waals surface area contributed by atoms with Crippen molar-refractivity contribution in [3.63, 3.8) is 0 Å². The molecule has 0 aliphatic heterocycles. The van der Waals surface area contributed by atoms with E-state index in [2.05, 4.69) is 69.4 Å². The van der Waals surface area contributed by atoms with E-state index in [1.165, 1.54) is 276 Å².